The fraction of sp³-hybridized carbons (Fsp3) is 0.765. The molecular formula is C17H28N6O. The minimum atomic E-state index is -0.0990. The van der Waals surface area contributed by atoms with Crippen LogP contribution in [0.2, 0.25) is 0 Å². The third-order valence-electron chi connectivity index (χ3n) is 4.46. The summed E-state index contributed by atoms with van der Waals surface area (Å²) >= 11 is 0. The quantitative estimate of drug-likeness (QED) is 0.856. The number of rotatable bonds is 4. The van der Waals surface area contributed by atoms with Crippen molar-refractivity contribution >= 4 is 0 Å². The average Bonchev–Trinajstić information content (AvgIpc) is 3.06. The molecule has 0 unspecified atom stereocenters. The highest BCUT2D eigenvalue weighted by Crippen LogP contribution is 2.23. The fourth-order valence-electron chi connectivity index (χ4n) is 3.23. The molecular weight excluding hydrogens is 304 g/mol. The summed E-state index contributed by atoms with van der Waals surface area (Å²) in [6, 6.07) is 0. The maximum Gasteiger partial charge on any atom is 0.230 e. The molecule has 0 N–H and O–H groups in total. The number of likely N-dealkylation sites (tertiary alicyclic amines) is 1. The molecule has 0 saturated carbocycles. The van der Waals surface area contributed by atoms with E-state index in [0.717, 1.165) is 37.8 Å². The van der Waals surface area contributed by atoms with Crippen LogP contribution in [-0.4, -0.2) is 43.0 Å². The molecule has 2 aromatic heterocycles. The highest BCUT2D eigenvalue weighted by molar-refractivity contribution is 4.96. The zero-order chi connectivity index (χ0) is 17.3. The van der Waals surface area contributed by atoms with Gasteiger partial charge in [-0.05, 0) is 39.2 Å². The van der Waals surface area contributed by atoms with Crippen molar-refractivity contribution in [3.63, 3.8) is 0 Å². The van der Waals surface area contributed by atoms with Crippen molar-refractivity contribution in [3.8, 4) is 0 Å². The van der Waals surface area contributed by atoms with E-state index >= 15 is 0 Å². The number of aryl methyl sites for hydroxylation is 2. The first-order valence-corrected chi connectivity index (χ1v) is 8.74. The summed E-state index contributed by atoms with van der Waals surface area (Å²) < 4.78 is 7.87. The number of hydrogen-bond acceptors (Lipinski definition) is 6. The van der Waals surface area contributed by atoms with Gasteiger partial charge in [0, 0.05) is 18.5 Å². The zero-order valence-electron chi connectivity index (χ0n) is 15.4. The van der Waals surface area contributed by atoms with Crippen molar-refractivity contribution in [3.05, 3.63) is 23.4 Å². The Morgan fingerprint density at radius 3 is 2.62 bits per heavy atom. The molecule has 7 nitrogen and oxygen atoms in total. The van der Waals surface area contributed by atoms with Gasteiger partial charge in [-0.1, -0.05) is 20.8 Å². The van der Waals surface area contributed by atoms with Gasteiger partial charge in [-0.2, -0.15) is 5.10 Å². The van der Waals surface area contributed by atoms with Crippen LogP contribution in [0.1, 0.15) is 57.0 Å². The van der Waals surface area contributed by atoms with E-state index in [0.29, 0.717) is 17.7 Å². The van der Waals surface area contributed by atoms with E-state index in [2.05, 4.69) is 46.0 Å². The second kappa shape index (κ2) is 6.63. The summed E-state index contributed by atoms with van der Waals surface area (Å²) in [6.07, 6.45) is 2.42. The van der Waals surface area contributed by atoms with Gasteiger partial charge in [-0.3, -0.25) is 4.90 Å². The van der Waals surface area contributed by atoms with Gasteiger partial charge in [0.25, 0.3) is 0 Å². The molecule has 3 rings (SSSR count). The van der Waals surface area contributed by atoms with Crippen LogP contribution in [0, 0.1) is 19.8 Å². The number of nitrogens with zero attached hydrogens (tertiary/aromatic N) is 6. The molecule has 2 aromatic rings. The van der Waals surface area contributed by atoms with Crippen LogP contribution in [0.15, 0.2) is 4.42 Å². The molecule has 0 bridgehead atoms. The van der Waals surface area contributed by atoms with Crippen molar-refractivity contribution < 1.29 is 4.42 Å². The number of hydrogen-bond donors (Lipinski definition) is 0. The standard InChI is InChI=1S/C17H28N6O/c1-12-18-13(2)23(21-12)10-14-7-6-8-22(9-14)11-15-19-20-16(24-15)17(3,4)5/h14H,6-11H2,1-5H3/t14-/m1/s1. The zero-order valence-corrected chi connectivity index (χ0v) is 15.4. The molecule has 7 heteroatoms. The monoisotopic (exact) mass is 332 g/mol. The highest BCUT2D eigenvalue weighted by atomic mass is 16.4. The highest BCUT2D eigenvalue weighted by Gasteiger charge is 2.25. The minimum Gasteiger partial charge on any atom is -0.423 e. The number of aromatic nitrogens is 5. The van der Waals surface area contributed by atoms with Gasteiger partial charge in [0.05, 0.1) is 6.54 Å². The molecule has 24 heavy (non-hydrogen) atoms. The summed E-state index contributed by atoms with van der Waals surface area (Å²) in [4.78, 5) is 6.80. The predicted octanol–water partition coefficient (Wildman–Crippen LogP) is 2.49. The van der Waals surface area contributed by atoms with Crippen molar-refractivity contribution in [1.29, 1.82) is 0 Å². The Labute approximate surface area is 143 Å². The second-order valence-corrected chi connectivity index (χ2v) is 7.88. The predicted molar refractivity (Wildman–Crippen MR) is 90.5 cm³/mol. The van der Waals surface area contributed by atoms with E-state index in [4.69, 9.17) is 4.42 Å². The molecule has 0 aliphatic carbocycles. The SMILES string of the molecule is Cc1nc(C)n(C[C@@H]2CCCN(Cc3nnc(C(C)(C)C)o3)C2)n1. The van der Waals surface area contributed by atoms with E-state index < -0.39 is 0 Å². The first-order valence-electron chi connectivity index (χ1n) is 8.74. The van der Waals surface area contributed by atoms with Crippen LogP contribution in [0.3, 0.4) is 0 Å². The molecule has 0 aromatic carbocycles. The van der Waals surface area contributed by atoms with Crippen molar-refractivity contribution in [2.24, 2.45) is 5.92 Å². The summed E-state index contributed by atoms with van der Waals surface area (Å²) in [5.74, 6) is 3.86. The topological polar surface area (TPSA) is 72.9 Å². The van der Waals surface area contributed by atoms with E-state index in [1.165, 1.54) is 12.8 Å². The smallest absolute Gasteiger partial charge is 0.230 e. The van der Waals surface area contributed by atoms with Gasteiger partial charge in [0.1, 0.15) is 11.6 Å². The molecule has 3 heterocycles. The van der Waals surface area contributed by atoms with E-state index in [-0.39, 0.29) is 5.41 Å². The van der Waals surface area contributed by atoms with Crippen LogP contribution in [-0.2, 0) is 18.5 Å². The lowest BCUT2D eigenvalue weighted by Gasteiger charge is -2.31. The largest absolute Gasteiger partial charge is 0.423 e. The first kappa shape index (κ1) is 17.1. The molecule has 0 radical (unpaired) electrons. The fourth-order valence-corrected chi connectivity index (χ4v) is 3.23. The van der Waals surface area contributed by atoms with Crippen LogP contribution in [0.25, 0.3) is 0 Å². The third kappa shape index (κ3) is 4.01. The molecule has 1 aliphatic heterocycles. The van der Waals surface area contributed by atoms with E-state index in [1.54, 1.807) is 0 Å². The molecule has 0 amide bonds. The van der Waals surface area contributed by atoms with Crippen molar-refractivity contribution in [1.82, 2.24) is 29.9 Å². The van der Waals surface area contributed by atoms with Crippen LogP contribution >= 0.6 is 0 Å². The maximum absolute atomic E-state index is 5.84. The Balaban J connectivity index is 1.59. The molecule has 0 spiro atoms. The summed E-state index contributed by atoms with van der Waals surface area (Å²) in [5, 5.41) is 12.9. The normalized spacial score (nSPS) is 19.8. The van der Waals surface area contributed by atoms with Gasteiger partial charge >= 0.3 is 0 Å². The molecule has 1 fully saturated rings. The van der Waals surface area contributed by atoms with Crippen LogP contribution in [0.5, 0.6) is 0 Å². The number of piperidine rings is 1. The molecule has 1 saturated heterocycles. The maximum atomic E-state index is 5.84. The van der Waals surface area contributed by atoms with Gasteiger partial charge in [-0.15, -0.1) is 10.2 Å². The lowest BCUT2D eigenvalue weighted by molar-refractivity contribution is 0.140. The lowest BCUT2D eigenvalue weighted by atomic mass is 9.97. The third-order valence-corrected chi connectivity index (χ3v) is 4.46. The van der Waals surface area contributed by atoms with Crippen LogP contribution < -0.4 is 0 Å². The lowest BCUT2D eigenvalue weighted by Crippen LogP contribution is -2.37. The summed E-state index contributed by atoms with van der Waals surface area (Å²) in [6.45, 7) is 14.0. The Kier molecular flexibility index (Phi) is 4.71. The van der Waals surface area contributed by atoms with Gasteiger partial charge in [0.15, 0.2) is 0 Å². The second-order valence-electron chi connectivity index (χ2n) is 7.88. The van der Waals surface area contributed by atoms with Crippen molar-refractivity contribution in [2.45, 2.75) is 66.0 Å². The van der Waals surface area contributed by atoms with Gasteiger partial charge in [-0.25, -0.2) is 9.67 Å². The Morgan fingerprint density at radius 2 is 2.00 bits per heavy atom. The average molecular weight is 332 g/mol. The summed E-state index contributed by atoms with van der Waals surface area (Å²) in [5.41, 5.74) is -0.0990. The Hall–Kier alpha value is -1.76. The first-order chi connectivity index (χ1) is 11.3. The molecule has 1 aliphatic rings. The Bertz CT molecular complexity index is 684. The molecule has 132 valence electrons. The van der Waals surface area contributed by atoms with Gasteiger partial charge in [0.2, 0.25) is 11.8 Å². The van der Waals surface area contributed by atoms with E-state index in [1.807, 2.05) is 18.5 Å². The van der Waals surface area contributed by atoms with E-state index in [9.17, 15) is 0 Å². The van der Waals surface area contributed by atoms with Crippen molar-refractivity contribution in [2.75, 3.05) is 13.1 Å². The molecule has 1 atom stereocenters. The van der Waals surface area contributed by atoms with Gasteiger partial charge < -0.3 is 4.42 Å². The van der Waals surface area contributed by atoms with Crippen LogP contribution in [0.4, 0.5) is 0 Å². The summed E-state index contributed by atoms with van der Waals surface area (Å²) in [7, 11) is 0. The Morgan fingerprint density at radius 1 is 1.21 bits per heavy atom. The minimum absolute atomic E-state index is 0.0990.